The normalized spacial score (nSPS) is 42.5. The fraction of sp³-hybridized carbons (Fsp3) is 1.00. The molecule has 76 valence electrons. The monoisotopic (exact) mass is 183 g/mol. The molecule has 2 rings (SSSR count). The van der Waals surface area contributed by atoms with E-state index in [0.29, 0.717) is 0 Å². The van der Waals surface area contributed by atoms with Gasteiger partial charge in [-0.1, -0.05) is 6.92 Å². The summed E-state index contributed by atoms with van der Waals surface area (Å²) in [5, 5.41) is 0. The summed E-state index contributed by atoms with van der Waals surface area (Å²) in [6.45, 7) is 5.74. The molecular formula is C11H21NO. The maximum absolute atomic E-state index is 6.01. The van der Waals surface area contributed by atoms with Gasteiger partial charge >= 0.3 is 0 Å². The molecule has 13 heavy (non-hydrogen) atoms. The molecule has 2 aliphatic heterocycles. The smallest absolute Gasteiger partial charge is 0.0811 e. The van der Waals surface area contributed by atoms with Crippen LogP contribution in [-0.4, -0.2) is 37.2 Å². The van der Waals surface area contributed by atoms with E-state index in [1.165, 1.54) is 32.2 Å². The predicted molar refractivity (Wildman–Crippen MR) is 53.8 cm³/mol. The molecule has 0 aromatic carbocycles. The van der Waals surface area contributed by atoms with Crippen molar-refractivity contribution < 1.29 is 4.74 Å². The molecule has 0 saturated carbocycles. The Bertz CT molecular complexity index is 161. The van der Waals surface area contributed by atoms with E-state index in [1.807, 2.05) is 0 Å². The summed E-state index contributed by atoms with van der Waals surface area (Å²) in [5.41, 5.74) is 0.227. The number of hydrogen-bond acceptors (Lipinski definition) is 2. The van der Waals surface area contributed by atoms with Crippen LogP contribution in [-0.2, 0) is 4.74 Å². The molecule has 0 bridgehead atoms. The summed E-state index contributed by atoms with van der Waals surface area (Å²) in [5.74, 6) is 0.861. The van der Waals surface area contributed by atoms with Crippen molar-refractivity contribution in [2.75, 3.05) is 26.7 Å². The number of ether oxygens (including phenoxy) is 1. The van der Waals surface area contributed by atoms with Crippen molar-refractivity contribution in [3.05, 3.63) is 0 Å². The Morgan fingerprint density at radius 2 is 2.31 bits per heavy atom. The van der Waals surface area contributed by atoms with Crippen LogP contribution in [0.15, 0.2) is 0 Å². The predicted octanol–water partition coefficient (Wildman–Crippen LogP) is 1.90. The number of hydrogen-bond donors (Lipinski definition) is 0. The van der Waals surface area contributed by atoms with E-state index in [0.717, 1.165) is 19.1 Å². The molecule has 2 heterocycles. The van der Waals surface area contributed by atoms with Crippen LogP contribution in [0.2, 0.25) is 0 Å². The van der Waals surface area contributed by atoms with Crippen molar-refractivity contribution in [2.24, 2.45) is 5.92 Å². The van der Waals surface area contributed by atoms with E-state index in [1.54, 1.807) is 0 Å². The molecule has 2 unspecified atom stereocenters. The maximum Gasteiger partial charge on any atom is 0.0811 e. The van der Waals surface area contributed by atoms with Crippen molar-refractivity contribution in [1.29, 1.82) is 0 Å². The Balaban J connectivity index is 2.00. The van der Waals surface area contributed by atoms with Gasteiger partial charge in [0.15, 0.2) is 0 Å². The van der Waals surface area contributed by atoms with Gasteiger partial charge in [0.2, 0.25) is 0 Å². The highest BCUT2D eigenvalue weighted by Crippen LogP contribution is 2.35. The van der Waals surface area contributed by atoms with Crippen LogP contribution < -0.4 is 0 Å². The molecule has 2 aliphatic rings. The van der Waals surface area contributed by atoms with E-state index < -0.39 is 0 Å². The van der Waals surface area contributed by atoms with Crippen LogP contribution in [0, 0.1) is 5.92 Å². The molecule has 2 fully saturated rings. The van der Waals surface area contributed by atoms with Gasteiger partial charge in [-0.15, -0.1) is 0 Å². The fourth-order valence-corrected chi connectivity index (χ4v) is 2.88. The molecule has 2 saturated heterocycles. The van der Waals surface area contributed by atoms with Crippen LogP contribution in [0.25, 0.3) is 0 Å². The molecule has 0 radical (unpaired) electrons. The summed E-state index contributed by atoms with van der Waals surface area (Å²) in [6.07, 6.45) is 5.12. The second-order valence-corrected chi connectivity index (χ2v) is 4.97. The molecule has 1 spiro atoms. The van der Waals surface area contributed by atoms with E-state index >= 15 is 0 Å². The minimum Gasteiger partial charge on any atom is -0.374 e. The molecular weight excluding hydrogens is 162 g/mol. The zero-order chi connectivity index (χ0) is 9.31. The second-order valence-electron chi connectivity index (χ2n) is 4.97. The van der Waals surface area contributed by atoms with Gasteiger partial charge in [0.1, 0.15) is 0 Å². The summed E-state index contributed by atoms with van der Waals surface area (Å²) < 4.78 is 6.01. The van der Waals surface area contributed by atoms with Gasteiger partial charge in [-0.05, 0) is 45.2 Å². The average Bonchev–Trinajstić information content (AvgIpc) is 2.02. The Labute approximate surface area is 81.3 Å². The molecule has 0 aliphatic carbocycles. The van der Waals surface area contributed by atoms with Crippen LogP contribution in [0.1, 0.15) is 32.6 Å². The zero-order valence-corrected chi connectivity index (χ0v) is 8.88. The average molecular weight is 183 g/mol. The van der Waals surface area contributed by atoms with Crippen molar-refractivity contribution >= 4 is 0 Å². The summed E-state index contributed by atoms with van der Waals surface area (Å²) >= 11 is 0. The Hall–Kier alpha value is -0.0800. The summed E-state index contributed by atoms with van der Waals surface area (Å²) in [6, 6.07) is 0. The molecule has 2 heteroatoms. The van der Waals surface area contributed by atoms with Crippen LogP contribution >= 0.6 is 0 Å². The van der Waals surface area contributed by atoms with E-state index in [4.69, 9.17) is 4.74 Å². The first-order valence-corrected chi connectivity index (χ1v) is 5.53. The third-order valence-electron chi connectivity index (χ3n) is 3.47. The minimum atomic E-state index is 0.227. The first kappa shape index (κ1) is 9.47. The van der Waals surface area contributed by atoms with Crippen molar-refractivity contribution in [3.63, 3.8) is 0 Å². The zero-order valence-electron chi connectivity index (χ0n) is 8.88. The quantitative estimate of drug-likeness (QED) is 0.568. The number of likely N-dealkylation sites (tertiary alicyclic amines) is 1. The first-order valence-electron chi connectivity index (χ1n) is 5.53. The number of likely N-dealkylation sites (N-methyl/N-ethyl adjacent to an activating group) is 1. The van der Waals surface area contributed by atoms with Gasteiger partial charge in [-0.25, -0.2) is 0 Å². The first-order chi connectivity index (χ1) is 6.20. The number of nitrogens with zero attached hydrogens (tertiary/aromatic N) is 1. The van der Waals surface area contributed by atoms with Crippen LogP contribution in [0.4, 0.5) is 0 Å². The van der Waals surface area contributed by atoms with E-state index in [9.17, 15) is 0 Å². The lowest BCUT2D eigenvalue weighted by molar-refractivity contribution is -0.126. The van der Waals surface area contributed by atoms with Crippen molar-refractivity contribution in [3.8, 4) is 0 Å². The Morgan fingerprint density at radius 3 is 3.00 bits per heavy atom. The maximum atomic E-state index is 6.01. The van der Waals surface area contributed by atoms with Gasteiger partial charge in [-0.3, -0.25) is 0 Å². The van der Waals surface area contributed by atoms with Crippen molar-refractivity contribution in [2.45, 2.75) is 38.2 Å². The molecule has 2 nitrogen and oxygen atoms in total. The van der Waals surface area contributed by atoms with Crippen LogP contribution in [0.3, 0.4) is 0 Å². The highest BCUT2D eigenvalue weighted by Gasteiger charge is 2.38. The molecule has 0 aromatic rings. The topological polar surface area (TPSA) is 12.5 Å². The molecule has 0 N–H and O–H groups in total. The van der Waals surface area contributed by atoms with Crippen LogP contribution in [0.5, 0.6) is 0 Å². The van der Waals surface area contributed by atoms with Crippen molar-refractivity contribution in [1.82, 2.24) is 4.90 Å². The van der Waals surface area contributed by atoms with Gasteiger partial charge in [0, 0.05) is 13.2 Å². The van der Waals surface area contributed by atoms with Gasteiger partial charge in [0.25, 0.3) is 0 Å². The lowest BCUT2D eigenvalue weighted by Crippen LogP contribution is -2.51. The third kappa shape index (κ3) is 2.05. The summed E-state index contributed by atoms with van der Waals surface area (Å²) in [4.78, 5) is 2.42. The summed E-state index contributed by atoms with van der Waals surface area (Å²) in [7, 11) is 2.21. The lowest BCUT2D eigenvalue weighted by Gasteiger charge is -2.45. The molecule has 0 aromatic heterocycles. The molecule has 0 amide bonds. The Morgan fingerprint density at radius 1 is 1.46 bits per heavy atom. The van der Waals surface area contributed by atoms with E-state index in [-0.39, 0.29) is 5.60 Å². The molecule has 2 atom stereocenters. The van der Waals surface area contributed by atoms with Gasteiger partial charge in [-0.2, -0.15) is 0 Å². The minimum absolute atomic E-state index is 0.227. The lowest BCUT2D eigenvalue weighted by atomic mass is 9.81. The SMILES string of the molecule is CC1CCOC2(CCCN(C)C2)C1. The number of piperidine rings is 1. The Kier molecular flexibility index (Phi) is 2.61. The highest BCUT2D eigenvalue weighted by molar-refractivity contribution is 4.91. The highest BCUT2D eigenvalue weighted by atomic mass is 16.5. The third-order valence-corrected chi connectivity index (χ3v) is 3.47. The van der Waals surface area contributed by atoms with E-state index in [2.05, 4.69) is 18.9 Å². The fourth-order valence-electron chi connectivity index (χ4n) is 2.88. The largest absolute Gasteiger partial charge is 0.374 e. The van der Waals surface area contributed by atoms with Gasteiger partial charge < -0.3 is 9.64 Å². The standard InChI is InChI=1S/C11H21NO/c1-10-4-7-13-11(8-10)5-3-6-12(2)9-11/h10H,3-9H2,1-2H3. The van der Waals surface area contributed by atoms with Gasteiger partial charge in [0.05, 0.1) is 5.60 Å². The second kappa shape index (κ2) is 3.58. The number of rotatable bonds is 0.